The van der Waals surface area contributed by atoms with Crippen molar-refractivity contribution in [2.45, 2.75) is 31.9 Å². The van der Waals surface area contributed by atoms with Gasteiger partial charge in [0.15, 0.2) is 0 Å². The van der Waals surface area contributed by atoms with Crippen molar-refractivity contribution in [3.8, 4) is 0 Å². The topological polar surface area (TPSA) is 21.6 Å². The second kappa shape index (κ2) is 4.48. The molecule has 0 atom stereocenters. The number of alkyl halides is 3. The van der Waals surface area contributed by atoms with Crippen LogP contribution >= 0.6 is 0 Å². The maximum Gasteiger partial charge on any atom is 0.425 e. The summed E-state index contributed by atoms with van der Waals surface area (Å²) in [5.41, 5.74) is 0. The van der Waals surface area contributed by atoms with Gasteiger partial charge >= 0.3 is 6.18 Å². The minimum Gasteiger partial charge on any atom is -0.386 e. The molecule has 0 amide bonds. The number of halogens is 3. The highest BCUT2D eigenvalue weighted by molar-refractivity contribution is 5.60. The predicted molar refractivity (Wildman–Crippen MR) is 41.4 cm³/mol. The van der Waals surface area contributed by atoms with Crippen LogP contribution in [-0.4, -0.2) is 19.0 Å². The number of hydrogen-bond donors (Lipinski definition) is 0. The highest BCUT2D eigenvalue weighted by Crippen LogP contribution is 2.22. The fourth-order valence-corrected chi connectivity index (χ4v) is 1.27. The summed E-state index contributed by atoms with van der Waals surface area (Å²) in [4.78, 5) is 4.05. The van der Waals surface area contributed by atoms with Crippen molar-refractivity contribution in [3.63, 3.8) is 0 Å². The molecule has 0 aromatic rings. The fraction of sp³-hybridized carbons (Fsp3) is 0.875. The van der Waals surface area contributed by atoms with Gasteiger partial charge in [0.05, 0.1) is 0 Å². The van der Waals surface area contributed by atoms with Crippen LogP contribution in [0.15, 0.2) is 5.16 Å². The molecular weight excluding hydrogens is 183 g/mol. The Kier molecular flexibility index (Phi) is 3.57. The van der Waals surface area contributed by atoms with Crippen molar-refractivity contribution in [1.29, 1.82) is 0 Å². The van der Waals surface area contributed by atoms with E-state index in [1.54, 1.807) is 0 Å². The first-order valence-electron chi connectivity index (χ1n) is 4.22. The Morgan fingerprint density at radius 1 is 1.31 bits per heavy atom. The summed E-state index contributed by atoms with van der Waals surface area (Å²) in [7, 11) is 0. The minimum absolute atomic E-state index is 0.188. The van der Waals surface area contributed by atoms with Crippen molar-refractivity contribution in [2.75, 3.05) is 6.61 Å². The molecule has 1 radical (unpaired) electrons. The molecule has 0 aromatic heterocycles. The lowest BCUT2D eigenvalue weighted by Crippen LogP contribution is -2.15. The van der Waals surface area contributed by atoms with Gasteiger partial charge in [0, 0.05) is 5.92 Å². The van der Waals surface area contributed by atoms with E-state index in [0.717, 1.165) is 25.7 Å². The van der Waals surface area contributed by atoms with Crippen molar-refractivity contribution >= 4 is 6.21 Å². The predicted octanol–water partition coefficient (Wildman–Crippen LogP) is 2.62. The highest BCUT2D eigenvalue weighted by Gasteiger charge is 2.28. The van der Waals surface area contributed by atoms with E-state index in [0.29, 0.717) is 0 Å². The number of hydrogen-bond acceptors (Lipinski definition) is 2. The normalized spacial score (nSPS) is 19.9. The molecule has 1 saturated carbocycles. The summed E-state index contributed by atoms with van der Waals surface area (Å²) in [5.74, 6) is 0.188. The van der Waals surface area contributed by atoms with E-state index in [-0.39, 0.29) is 5.92 Å². The highest BCUT2D eigenvalue weighted by atomic mass is 19.4. The molecular formula is C8H11F3NO. The van der Waals surface area contributed by atoms with Crippen LogP contribution in [-0.2, 0) is 4.84 Å². The van der Waals surface area contributed by atoms with Gasteiger partial charge in [-0.05, 0) is 12.8 Å². The lowest BCUT2D eigenvalue weighted by molar-refractivity contribution is -0.173. The van der Waals surface area contributed by atoms with Crippen LogP contribution in [0.4, 0.5) is 13.2 Å². The molecule has 0 unspecified atom stereocenters. The smallest absolute Gasteiger partial charge is 0.386 e. The second-order valence-electron chi connectivity index (χ2n) is 3.09. The molecule has 0 bridgehead atoms. The van der Waals surface area contributed by atoms with E-state index in [1.165, 1.54) is 0 Å². The Morgan fingerprint density at radius 2 is 1.92 bits per heavy atom. The van der Waals surface area contributed by atoms with Crippen LogP contribution in [0.2, 0.25) is 0 Å². The van der Waals surface area contributed by atoms with Crippen LogP contribution in [0.3, 0.4) is 0 Å². The average molecular weight is 194 g/mol. The van der Waals surface area contributed by atoms with Crippen LogP contribution < -0.4 is 0 Å². The summed E-state index contributed by atoms with van der Waals surface area (Å²) in [6, 6.07) is 0. The maximum absolute atomic E-state index is 11.5. The zero-order chi connectivity index (χ0) is 9.73. The van der Waals surface area contributed by atoms with Crippen molar-refractivity contribution in [2.24, 2.45) is 11.1 Å². The van der Waals surface area contributed by atoms with Crippen molar-refractivity contribution in [3.05, 3.63) is 0 Å². The maximum atomic E-state index is 11.5. The SMILES string of the molecule is FC(F)(F)CO/N=[C]\C1CCCC1. The van der Waals surface area contributed by atoms with E-state index in [9.17, 15) is 13.2 Å². The van der Waals surface area contributed by atoms with Crippen LogP contribution in [0.25, 0.3) is 0 Å². The summed E-state index contributed by atoms with van der Waals surface area (Å²) < 4.78 is 34.6. The number of nitrogens with zero attached hydrogens (tertiary/aromatic N) is 1. The zero-order valence-electron chi connectivity index (χ0n) is 7.10. The average Bonchev–Trinajstić information content (AvgIpc) is 2.48. The summed E-state index contributed by atoms with van der Waals surface area (Å²) in [6.45, 7) is -1.33. The largest absolute Gasteiger partial charge is 0.425 e. The Labute approximate surface area is 74.7 Å². The molecule has 0 aliphatic heterocycles. The Bertz CT molecular complexity index is 173. The van der Waals surface area contributed by atoms with Crippen LogP contribution in [0.1, 0.15) is 25.7 Å². The van der Waals surface area contributed by atoms with E-state index in [1.807, 2.05) is 0 Å². The van der Waals surface area contributed by atoms with Gasteiger partial charge in [0.25, 0.3) is 0 Å². The van der Waals surface area contributed by atoms with Gasteiger partial charge in [0.1, 0.15) is 6.21 Å². The lowest BCUT2D eigenvalue weighted by atomic mass is 10.1. The van der Waals surface area contributed by atoms with Gasteiger partial charge in [-0.25, -0.2) is 0 Å². The molecule has 1 fully saturated rings. The van der Waals surface area contributed by atoms with Gasteiger partial charge in [-0.3, -0.25) is 0 Å². The van der Waals surface area contributed by atoms with Crippen molar-refractivity contribution in [1.82, 2.24) is 0 Å². The van der Waals surface area contributed by atoms with Crippen molar-refractivity contribution < 1.29 is 18.0 Å². The molecule has 2 nitrogen and oxygen atoms in total. The van der Waals surface area contributed by atoms with Gasteiger partial charge < -0.3 is 4.84 Å². The first kappa shape index (κ1) is 10.3. The molecule has 1 aliphatic rings. The molecule has 13 heavy (non-hydrogen) atoms. The van der Waals surface area contributed by atoms with Crippen LogP contribution in [0, 0.1) is 5.92 Å². The standard InChI is InChI=1S/C8H11F3NO/c9-8(10,11)6-13-12-5-7-3-1-2-4-7/h7H,1-4,6H2. The molecule has 0 saturated heterocycles. The quantitative estimate of drug-likeness (QED) is 0.500. The Balaban J connectivity index is 2.10. The van der Waals surface area contributed by atoms with E-state index in [2.05, 4.69) is 16.2 Å². The van der Waals surface area contributed by atoms with E-state index < -0.39 is 12.8 Å². The first-order valence-corrected chi connectivity index (χ1v) is 4.22. The lowest BCUT2D eigenvalue weighted by Gasteiger charge is -2.03. The van der Waals surface area contributed by atoms with Gasteiger partial charge in [-0.15, -0.1) is 0 Å². The van der Waals surface area contributed by atoms with Crippen LogP contribution in [0.5, 0.6) is 0 Å². The second-order valence-corrected chi connectivity index (χ2v) is 3.09. The summed E-state index contributed by atoms with van der Waals surface area (Å²) in [5, 5.41) is 3.17. The Morgan fingerprint density at radius 3 is 2.46 bits per heavy atom. The molecule has 1 rings (SSSR count). The third-order valence-corrected chi connectivity index (χ3v) is 1.88. The summed E-state index contributed by atoms with van der Waals surface area (Å²) in [6.07, 6.45) is 2.37. The third kappa shape index (κ3) is 4.75. The van der Waals surface area contributed by atoms with Gasteiger partial charge in [-0.2, -0.15) is 13.2 Å². The third-order valence-electron chi connectivity index (χ3n) is 1.88. The first-order chi connectivity index (χ1) is 6.08. The number of rotatable bonds is 3. The summed E-state index contributed by atoms with van der Waals surface area (Å²) >= 11 is 0. The zero-order valence-corrected chi connectivity index (χ0v) is 7.10. The molecule has 0 spiro atoms. The van der Waals surface area contributed by atoms with Gasteiger partial charge in [0.2, 0.25) is 6.61 Å². The van der Waals surface area contributed by atoms with Gasteiger partial charge in [-0.1, -0.05) is 18.0 Å². The molecule has 0 N–H and O–H groups in total. The molecule has 0 heterocycles. The molecule has 75 valence electrons. The Hall–Kier alpha value is -0.740. The molecule has 5 heteroatoms. The fourth-order valence-electron chi connectivity index (χ4n) is 1.27. The minimum atomic E-state index is -4.30. The molecule has 0 aromatic carbocycles. The van der Waals surface area contributed by atoms with E-state index in [4.69, 9.17) is 0 Å². The monoisotopic (exact) mass is 194 g/mol. The van der Waals surface area contributed by atoms with E-state index >= 15 is 0 Å². The molecule has 1 aliphatic carbocycles.